The molecule has 0 aliphatic rings. The van der Waals surface area contributed by atoms with Gasteiger partial charge in [-0.2, -0.15) is 13.2 Å². The van der Waals surface area contributed by atoms with E-state index in [1.807, 2.05) is 0 Å². The molecule has 6 heteroatoms. The molecule has 0 saturated heterocycles. The Hall–Kier alpha value is -0.420. The summed E-state index contributed by atoms with van der Waals surface area (Å²) in [6.07, 6.45) is -4.51. The molecule has 0 bridgehead atoms. The van der Waals surface area contributed by atoms with Crippen molar-refractivity contribution in [3.63, 3.8) is 0 Å². The standard InChI is InChI=1S/C8H6BrClF3N/c9-3-4-1-2-5(14)6(7(4)10)8(11,12)13/h1-2H,3,14H2. The summed E-state index contributed by atoms with van der Waals surface area (Å²) in [6, 6.07) is 2.66. The van der Waals surface area contributed by atoms with Gasteiger partial charge in [0.05, 0.1) is 10.6 Å². The summed E-state index contributed by atoms with van der Waals surface area (Å²) in [7, 11) is 0. The van der Waals surface area contributed by atoms with Crippen LogP contribution in [0.5, 0.6) is 0 Å². The molecule has 0 aromatic heterocycles. The van der Waals surface area contributed by atoms with Crippen LogP contribution in [0.25, 0.3) is 0 Å². The lowest BCUT2D eigenvalue weighted by atomic mass is 10.1. The van der Waals surface area contributed by atoms with E-state index >= 15 is 0 Å². The number of halogens is 5. The molecule has 0 atom stereocenters. The summed E-state index contributed by atoms with van der Waals surface area (Å²) in [5, 5.41) is -0.0794. The van der Waals surface area contributed by atoms with Gasteiger partial charge >= 0.3 is 6.18 Å². The van der Waals surface area contributed by atoms with Crippen LogP contribution in [-0.2, 0) is 11.5 Å². The Bertz CT molecular complexity index is 351. The molecule has 0 fully saturated rings. The lowest BCUT2D eigenvalue weighted by Crippen LogP contribution is -2.10. The van der Waals surface area contributed by atoms with Crippen molar-refractivity contribution in [3.05, 3.63) is 28.3 Å². The van der Waals surface area contributed by atoms with Crippen LogP contribution in [0.3, 0.4) is 0 Å². The lowest BCUT2D eigenvalue weighted by Gasteiger charge is -2.13. The molecule has 2 N–H and O–H groups in total. The fourth-order valence-electron chi connectivity index (χ4n) is 1.03. The molecular formula is C8H6BrClF3N. The third-order valence-electron chi connectivity index (χ3n) is 1.68. The first-order valence-electron chi connectivity index (χ1n) is 3.58. The van der Waals surface area contributed by atoms with Crippen LogP contribution in [0.4, 0.5) is 18.9 Å². The van der Waals surface area contributed by atoms with Crippen LogP contribution >= 0.6 is 27.5 Å². The molecule has 78 valence electrons. The predicted octanol–water partition coefficient (Wildman–Crippen LogP) is 3.84. The molecule has 14 heavy (non-hydrogen) atoms. The van der Waals surface area contributed by atoms with Gasteiger partial charge in [0.25, 0.3) is 0 Å². The molecular weight excluding hydrogens is 282 g/mol. The van der Waals surface area contributed by atoms with Gasteiger partial charge in [-0.15, -0.1) is 0 Å². The van der Waals surface area contributed by atoms with Gasteiger partial charge in [-0.3, -0.25) is 0 Å². The van der Waals surface area contributed by atoms with Crippen molar-refractivity contribution < 1.29 is 13.2 Å². The SMILES string of the molecule is Nc1ccc(CBr)c(Cl)c1C(F)(F)F. The highest BCUT2D eigenvalue weighted by molar-refractivity contribution is 9.08. The Kier molecular flexibility index (Phi) is 3.32. The van der Waals surface area contributed by atoms with Crippen LogP contribution in [0, 0.1) is 0 Å². The average Bonchev–Trinajstić information content (AvgIpc) is 2.02. The maximum absolute atomic E-state index is 12.4. The number of anilines is 1. The van der Waals surface area contributed by atoms with Crippen molar-refractivity contribution in [2.75, 3.05) is 5.73 Å². The van der Waals surface area contributed by atoms with Crippen LogP contribution in [0.2, 0.25) is 5.02 Å². The van der Waals surface area contributed by atoms with Crippen molar-refractivity contribution in [3.8, 4) is 0 Å². The highest BCUT2D eigenvalue weighted by Crippen LogP contribution is 2.40. The van der Waals surface area contributed by atoms with E-state index in [0.717, 1.165) is 0 Å². The van der Waals surface area contributed by atoms with E-state index in [2.05, 4.69) is 15.9 Å². The highest BCUT2D eigenvalue weighted by atomic mass is 79.9. The van der Waals surface area contributed by atoms with Gasteiger partial charge in [0.2, 0.25) is 0 Å². The Morgan fingerprint density at radius 3 is 2.36 bits per heavy atom. The molecule has 0 heterocycles. The number of nitrogen functional groups attached to an aromatic ring is 1. The maximum atomic E-state index is 12.4. The summed E-state index contributed by atoms with van der Waals surface area (Å²) in [4.78, 5) is 0. The van der Waals surface area contributed by atoms with Gasteiger partial charge in [0, 0.05) is 11.0 Å². The van der Waals surface area contributed by atoms with Crippen molar-refractivity contribution in [2.45, 2.75) is 11.5 Å². The minimum absolute atomic E-state index is 0.259. The fraction of sp³-hybridized carbons (Fsp3) is 0.250. The molecule has 0 unspecified atom stereocenters. The van der Waals surface area contributed by atoms with E-state index < -0.39 is 11.7 Å². The van der Waals surface area contributed by atoms with E-state index in [0.29, 0.717) is 5.56 Å². The smallest absolute Gasteiger partial charge is 0.398 e. The Balaban J connectivity index is 3.40. The number of benzene rings is 1. The van der Waals surface area contributed by atoms with Gasteiger partial charge < -0.3 is 5.73 Å². The molecule has 0 radical (unpaired) electrons. The van der Waals surface area contributed by atoms with Gasteiger partial charge in [-0.1, -0.05) is 33.6 Å². The summed E-state index contributed by atoms with van der Waals surface area (Å²) < 4.78 is 37.3. The van der Waals surface area contributed by atoms with E-state index in [1.54, 1.807) is 0 Å². The molecule has 1 aromatic carbocycles. The summed E-state index contributed by atoms with van der Waals surface area (Å²) in [6.45, 7) is 0. The molecule has 0 spiro atoms. The average molecular weight is 288 g/mol. The van der Waals surface area contributed by atoms with Gasteiger partial charge in [0.15, 0.2) is 0 Å². The Morgan fingerprint density at radius 1 is 1.36 bits per heavy atom. The number of nitrogens with two attached hydrogens (primary N) is 1. The highest BCUT2D eigenvalue weighted by Gasteiger charge is 2.36. The zero-order valence-corrected chi connectivity index (χ0v) is 9.17. The van der Waals surface area contributed by atoms with E-state index in [4.69, 9.17) is 17.3 Å². The van der Waals surface area contributed by atoms with Crippen molar-refractivity contribution >= 4 is 33.2 Å². The molecule has 0 aliphatic carbocycles. The maximum Gasteiger partial charge on any atom is 0.419 e. The summed E-state index contributed by atoms with van der Waals surface area (Å²) >= 11 is 8.61. The van der Waals surface area contributed by atoms with E-state index in [9.17, 15) is 13.2 Å². The topological polar surface area (TPSA) is 26.0 Å². The molecule has 1 nitrogen and oxygen atoms in total. The first-order chi connectivity index (χ1) is 6.38. The quantitative estimate of drug-likeness (QED) is 0.617. The van der Waals surface area contributed by atoms with Crippen molar-refractivity contribution in [1.29, 1.82) is 0 Å². The van der Waals surface area contributed by atoms with Gasteiger partial charge in [-0.25, -0.2) is 0 Å². The van der Waals surface area contributed by atoms with Gasteiger partial charge in [0.1, 0.15) is 0 Å². The number of hydrogen-bond donors (Lipinski definition) is 1. The monoisotopic (exact) mass is 287 g/mol. The fourth-order valence-corrected chi connectivity index (χ4v) is 2.00. The van der Waals surface area contributed by atoms with E-state index in [1.165, 1.54) is 12.1 Å². The van der Waals surface area contributed by atoms with Crippen molar-refractivity contribution in [2.24, 2.45) is 0 Å². The summed E-state index contributed by atoms with van der Waals surface area (Å²) in [5.74, 6) is 0. The molecule has 0 saturated carbocycles. The first-order valence-corrected chi connectivity index (χ1v) is 5.08. The van der Waals surface area contributed by atoms with Gasteiger partial charge in [-0.05, 0) is 11.6 Å². The predicted molar refractivity (Wildman–Crippen MR) is 53.5 cm³/mol. The number of rotatable bonds is 1. The normalized spacial score (nSPS) is 11.8. The molecule has 0 aliphatic heterocycles. The Labute approximate surface area is 92.2 Å². The summed E-state index contributed by atoms with van der Waals surface area (Å²) in [5.41, 5.74) is 4.26. The minimum atomic E-state index is -4.51. The third-order valence-corrected chi connectivity index (χ3v) is 2.72. The number of alkyl halides is 4. The van der Waals surface area contributed by atoms with E-state index in [-0.39, 0.29) is 16.0 Å². The second kappa shape index (κ2) is 3.98. The Morgan fingerprint density at radius 2 is 1.93 bits per heavy atom. The van der Waals surface area contributed by atoms with Crippen LogP contribution in [-0.4, -0.2) is 0 Å². The molecule has 1 aromatic rings. The second-order valence-corrected chi connectivity index (χ2v) is 3.57. The first kappa shape index (κ1) is 11.7. The zero-order chi connectivity index (χ0) is 10.9. The van der Waals surface area contributed by atoms with Crippen LogP contribution in [0.15, 0.2) is 12.1 Å². The molecule has 0 amide bonds. The minimum Gasteiger partial charge on any atom is -0.398 e. The van der Waals surface area contributed by atoms with Crippen LogP contribution in [0.1, 0.15) is 11.1 Å². The largest absolute Gasteiger partial charge is 0.419 e. The second-order valence-electron chi connectivity index (χ2n) is 2.63. The molecule has 1 rings (SSSR count). The van der Waals surface area contributed by atoms with Crippen LogP contribution < -0.4 is 5.73 Å². The number of hydrogen-bond acceptors (Lipinski definition) is 1. The lowest BCUT2D eigenvalue weighted by molar-refractivity contribution is -0.136. The zero-order valence-electron chi connectivity index (χ0n) is 6.83. The third kappa shape index (κ3) is 2.15. The van der Waals surface area contributed by atoms with Crippen molar-refractivity contribution in [1.82, 2.24) is 0 Å².